The number of Topliss-reactive ketones (excluding diaryl/α,β-unsaturated/α-hetero) is 1. The zero-order valence-corrected chi connectivity index (χ0v) is 12.2. The van der Waals surface area contributed by atoms with Gasteiger partial charge in [0.25, 0.3) is 0 Å². The highest BCUT2D eigenvalue weighted by atomic mass is 16.3. The van der Waals surface area contributed by atoms with Crippen LogP contribution in [0, 0.1) is 5.41 Å². The topological polar surface area (TPSA) is 49.7 Å². The van der Waals surface area contributed by atoms with Crippen molar-refractivity contribution in [1.82, 2.24) is 0 Å². The summed E-state index contributed by atoms with van der Waals surface area (Å²) in [5, 5.41) is 10.1. The van der Waals surface area contributed by atoms with Gasteiger partial charge in [0.05, 0.1) is 5.57 Å². The van der Waals surface area contributed by atoms with Gasteiger partial charge in [-0.05, 0) is 32.1 Å². The summed E-state index contributed by atoms with van der Waals surface area (Å²) in [5.41, 5.74) is 1.22. The fourth-order valence-corrected chi connectivity index (χ4v) is 2.40. The Kier molecular flexibility index (Phi) is 4.71. The molecular formula is C15H25NO2. The quantitative estimate of drug-likeness (QED) is 0.612. The smallest absolute Gasteiger partial charge is 0.168 e. The largest absolute Gasteiger partial charge is 0.511 e. The summed E-state index contributed by atoms with van der Waals surface area (Å²) in [7, 11) is 0. The molecule has 18 heavy (non-hydrogen) atoms. The van der Waals surface area contributed by atoms with E-state index in [4.69, 9.17) is 0 Å². The fourth-order valence-electron chi connectivity index (χ4n) is 2.40. The summed E-state index contributed by atoms with van der Waals surface area (Å²) >= 11 is 0. The Bertz CT molecular complexity index is 389. The van der Waals surface area contributed by atoms with Crippen LogP contribution in [0.1, 0.15) is 60.3 Å². The molecule has 3 nitrogen and oxygen atoms in total. The van der Waals surface area contributed by atoms with Crippen LogP contribution in [0.25, 0.3) is 0 Å². The summed E-state index contributed by atoms with van der Waals surface area (Å²) < 4.78 is 0. The molecule has 0 heterocycles. The zero-order valence-electron chi connectivity index (χ0n) is 12.2. The van der Waals surface area contributed by atoms with Crippen molar-refractivity contribution in [3.8, 4) is 0 Å². The molecule has 3 heteroatoms. The molecule has 1 aliphatic rings. The zero-order chi connectivity index (χ0) is 13.9. The highest BCUT2D eigenvalue weighted by Gasteiger charge is 2.36. The van der Waals surface area contributed by atoms with E-state index in [1.807, 2.05) is 20.8 Å². The van der Waals surface area contributed by atoms with Gasteiger partial charge in [-0.15, -0.1) is 0 Å². The first-order chi connectivity index (χ1) is 8.26. The van der Waals surface area contributed by atoms with Crippen molar-refractivity contribution in [3.05, 3.63) is 11.3 Å². The third-order valence-corrected chi connectivity index (χ3v) is 3.04. The molecule has 1 saturated carbocycles. The first kappa shape index (κ1) is 14.9. The molecule has 1 fully saturated rings. The second-order valence-corrected chi connectivity index (χ2v) is 6.18. The Balaban J connectivity index is 3.20. The Morgan fingerprint density at radius 3 is 2.50 bits per heavy atom. The first-order valence-corrected chi connectivity index (χ1v) is 6.79. The lowest BCUT2D eigenvalue weighted by Gasteiger charge is -2.31. The van der Waals surface area contributed by atoms with Crippen LogP contribution in [-0.4, -0.2) is 22.6 Å². The van der Waals surface area contributed by atoms with E-state index in [9.17, 15) is 9.90 Å². The van der Waals surface area contributed by atoms with Gasteiger partial charge in [0.1, 0.15) is 5.76 Å². The average Bonchev–Trinajstić information content (AvgIpc) is 2.13. The van der Waals surface area contributed by atoms with Crippen LogP contribution in [0.4, 0.5) is 0 Å². The molecule has 0 aliphatic heterocycles. The fraction of sp³-hybridized carbons (Fsp3) is 0.733. The predicted molar refractivity (Wildman–Crippen MR) is 75.2 cm³/mol. The van der Waals surface area contributed by atoms with Crippen molar-refractivity contribution in [2.24, 2.45) is 10.4 Å². The van der Waals surface area contributed by atoms with Gasteiger partial charge in [0.2, 0.25) is 0 Å². The minimum atomic E-state index is -0.0548. The lowest BCUT2D eigenvalue weighted by Crippen LogP contribution is -2.33. The summed E-state index contributed by atoms with van der Waals surface area (Å²) in [6.45, 7) is 10.1. The number of ketones is 1. The highest BCUT2D eigenvalue weighted by Crippen LogP contribution is 2.35. The van der Waals surface area contributed by atoms with Crippen LogP contribution in [-0.2, 0) is 4.79 Å². The van der Waals surface area contributed by atoms with E-state index < -0.39 is 0 Å². The predicted octanol–water partition coefficient (Wildman–Crippen LogP) is 3.84. The number of carbonyl (C=O) groups is 1. The molecule has 1 N–H and O–H groups in total. The van der Waals surface area contributed by atoms with Gasteiger partial charge in [-0.1, -0.05) is 20.8 Å². The number of nitrogens with zero attached hydrogens (tertiary/aromatic N) is 1. The lowest BCUT2D eigenvalue weighted by atomic mass is 9.73. The molecule has 0 atom stereocenters. The Hall–Kier alpha value is -1.12. The standard InChI is InChI=1S/C15H25NO2/c1-6-7-12(17)14-11(16-10(2)3)8-15(4,5)9-13(14)18/h10,17H,6-9H2,1-5H3/b14-12-,16-11?. The molecular weight excluding hydrogens is 226 g/mol. The van der Waals surface area contributed by atoms with E-state index in [-0.39, 0.29) is 23.0 Å². The molecule has 0 aromatic carbocycles. The minimum absolute atomic E-state index is 0.0385. The monoisotopic (exact) mass is 251 g/mol. The number of aliphatic hydroxyl groups is 1. The molecule has 1 rings (SSSR count). The van der Waals surface area contributed by atoms with E-state index in [0.29, 0.717) is 18.4 Å². The second-order valence-electron chi connectivity index (χ2n) is 6.18. The van der Waals surface area contributed by atoms with E-state index >= 15 is 0 Å². The highest BCUT2D eigenvalue weighted by molar-refractivity contribution is 6.24. The molecule has 0 radical (unpaired) electrons. The van der Waals surface area contributed by atoms with Crippen LogP contribution >= 0.6 is 0 Å². The molecule has 0 aromatic heterocycles. The van der Waals surface area contributed by atoms with E-state index in [1.54, 1.807) is 0 Å². The molecule has 0 saturated heterocycles. The van der Waals surface area contributed by atoms with Crippen molar-refractivity contribution in [2.75, 3.05) is 0 Å². The Morgan fingerprint density at radius 2 is 2.00 bits per heavy atom. The van der Waals surface area contributed by atoms with Gasteiger partial charge in [0.15, 0.2) is 5.78 Å². The number of allylic oxidation sites excluding steroid dienone is 2. The van der Waals surface area contributed by atoms with Gasteiger partial charge in [-0.2, -0.15) is 0 Å². The second kappa shape index (κ2) is 5.68. The third-order valence-electron chi connectivity index (χ3n) is 3.04. The number of aliphatic imine (C=N–C) groups is 1. The van der Waals surface area contributed by atoms with E-state index in [0.717, 1.165) is 18.6 Å². The summed E-state index contributed by atoms with van der Waals surface area (Å²) in [5.74, 6) is 0.258. The van der Waals surface area contributed by atoms with Crippen molar-refractivity contribution >= 4 is 11.5 Å². The van der Waals surface area contributed by atoms with Crippen LogP contribution in [0.5, 0.6) is 0 Å². The van der Waals surface area contributed by atoms with Crippen molar-refractivity contribution in [1.29, 1.82) is 0 Å². The van der Waals surface area contributed by atoms with E-state index in [1.165, 1.54) is 0 Å². The summed E-state index contributed by atoms with van der Waals surface area (Å²) in [6.07, 6.45) is 2.65. The Morgan fingerprint density at radius 1 is 1.39 bits per heavy atom. The molecule has 0 amide bonds. The number of rotatable bonds is 3. The van der Waals surface area contributed by atoms with Crippen LogP contribution in [0.3, 0.4) is 0 Å². The van der Waals surface area contributed by atoms with Gasteiger partial charge in [-0.3, -0.25) is 9.79 Å². The van der Waals surface area contributed by atoms with Gasteiger partial charge in [-0.25, -0.2) is 0 Å². The number of hydrogen-bond donors (Lipinski definition) is 1. The lowest BCUT2D eigenvalue weighted by molar-refractivity contribution is -0.117. The minimum Gasteiger partial charge on any atom is -0.511 e. The molecule has 0 spiro atoms. The first-order valence-electron chi connectivity index (χ1n) is 6.79. The van der Waals surface area contributed by atoms with Crippen LogP contribution in [0.15, 0.2) is 16.3 Å². The van der Waals surface area contributed by atoms with Crippen molar-refractivity contribution in [3.63, 3.8) is 0 Å². The molecule has 1 aliphatic carbocycles. The van der Waals surface area contributed by atoms with Gasteiger partial charge < -0.3 is 5.11 Å². The average molecular weight is 251 g/mol. The Labute approximate surface area is 110 Å². The SMILES string of the molecule is CCC/C(O)=C1/C(=O)CC(C)(C)CC1=NC(C)C. The molecule has 0 aromatic rings. The van der Waals surface area contributed by atoms with Crippen molar-refractivity contribution in [2.45, 2.75) is 66.3 Å². The maximum absolute atomic E-state index is 12.2. The maximum Gasteiger partial charge on any atom is 0.168 e. The van der Waals surface area contributed by atoms with Crippen LogP contribution < -0.4 is 0 Å². The number of aliphatic hydroxyl groups excluding tert-OH is 1. The number of carbonyl (C=O) groups excluding carboxylic acids is 1. The number of hydrogen-bond acceptors (Lipinski definition) is 3. The van der Waals surface area contributed by atoms with Crippen molar-refractivity contribution < 1.29 is 9.90 Å². The van der Waals surface area contributed by atoms with Gasteiger partial charge in [0, 0.05) is 24.6 Å². The van der Waals surface area contributed by atoms with Gasteiger partial charge >= 0.3 is 0 Å². The third kappa shape index (κ3) is 3.69. The van der Waals surface area contributed by atoms with Crippen LogP contribution in [0.2, 0.25) is 0 Å². The summed E-state index contributed by atoms with van der Waals surface area (Å²) in [6, 6.07) is 0.145. The maximum atomic E-state index is 12.2. The molecule has 0 unspecified atom stereocenters. The van der Waals surface area contributed by atoms with E-state index in [2.05, 4.69) is 18.8 Å². The molecule has 0 bridgehead atoms. The summed E-state index contributed by atoms with van der Waals surface area (Å²) in [4.78, 5) is 16.8. The normalized spacial score (nSPS) is 24.8. The molecule has 102 valence electrons.